The molecule has 3 saturated carbocycles. The highest BCUT2D eigenvalue weighted by Gasteiger charge is 2.70. The van der Waals surface area contributed by atoms with Gasteiger partial charge in [-0.15, -0.1) is 0 Å². The summed E-state index contributed by atoms with van der Waals surface area (Å²) in [4.78, 5) is 25.1. The molecule has 1 heterocycles. The van der Waals surface area contributed by atoms with E-state index in [2.05, 4.69) is 34.6 Å². The first-order chi connectivity index (χ1) is 14.4. The van der Waals surface area contributed by atoms with Crippen LogP contribution in [-0.2, 0) is 14.3 Å². The van der Waals surface area contributed by atoms with Crippen LogP contribution in [-0.4, -0.2) is 28.4 Å². The Labute approximate surface area is 186 Å². The Balaban J connectivity index is 1.58. The maximum absolute atomic E-state index is 12.8. The monoisotopic (exact) mass is 426 g/mol. The highest BCUT2D eigenvalue weighted by Crippen LogP contribution is 2.72. The Morgan fingerprint density at radius 2 is 1.71 bits per heavy atom. The molecule has 1 aliphatic heterocycles. The summed E-state index contributed by atoms with van der Waals surface area (Å²) in [5.41, 5.74) is 1.00. The number of ether oxygens (including phenoxy) is 1. The molecule has 0 amide bonds. The van der Waals surface area contributed by atoms with Gasteiger partial charge in [0.2, 0.25) is 11.6 Å². The van der Waals surface area contributed by atoms with E-state index in [0.29, 0.717) is 35.5 Å². The number of hydrogen-bond donors (Lipinski definition) is 1. The first kappa shape index (κ1) is 21.4. The lowest BCUT2D eigenvalue weighted by Crippen LogP contribution is -2.67. The van der Waals surface area contributed by atoms with Crippen molar-refractivity contribution in [3.8, 4) is 0 Å². The van der Waals surface area contributed by atoms with Gasteiger partial charge in [0, 0.05) is 17.4 Å². The number of ketones is 2. The van der Waals surface area contributed by atoms with Crippen LogP contribution in [0.25, 0.3) is 0 Å². The van der Waals surface area contributed by atoms with Crippen LogP contribution in [0.3, 0.4) is 0 Å². The molecule has 1 unspecified atom stereocenters. The van der Waals surface area contributed by atoms with Crippen LogP contribution >= 0.6 is 0 Å². The van der Waals surface area contributed by atoms with Gasteiger partial charge >= 0.3 is 0 Å². The number of aliphatic hydroxyl groups excluding tert-OH is 1. The maximum atomic E-state index is 12.8. The van der Waals surface area contributed by atoms with Gasteiger partial charge < -0.3 is 9.84 Å². The molecule has 0 bridgehead atoms. The number of carbonyl (C=O) groups excluding carboxylic acids is 2. The van der Waals surface area contributed by atoms with Gasteiger partial charge in [0.25, 0.3) is 0 Å². The molecule has 3 fully saturated rings. The van der Waals surface area contributed by atoms with Crippen molar-refractivity contribution < 1.29 is 19.4 Å². The van der Waals surface area contributed by atoms with Crippen molar-refractivity contribution in [2.45, 2.75) is 98.2 Å². The zero-order valence-corrected chi connectivity index (χ0v) is 20.0. The summed E-state index contributed by atoms with van der Waals surface area (Å²) in [7, 11) is 0. The predicted octanol–water partition coefficient (Wildman–Crippen LogP) is 5.15. The standard InChI is InChI=1S/C27H38O4/c1-15-13-18(28)22(30)17-14-27(31-23(15)17)16(2)7-8-20-25(5)11-10-21(29)24(3,4)19(25)9-12-26(20,27)6/h13,16,19-21,29H,7-12,14H2,1-6H3/t16-,19?,20+,21-,25-,26+,27-/m0/s1. The van der Waals surface area contributed by atoms with E-state index in [1.807, 2.05) is 6.92 Å². The molecular formula is C27H38O4. The summed E-state index contributed by atoms with van der Waals surface area (Å²) in [5.74, 6) is 1.22. The zero-order valence-electron chi connectivity index (χ0n) is 20.0. The number of hydrogen-bond acceptors (Lipinski definition) is 4. The number of allylic oxidation sites excluding steroid dienone is 2. The smallest absolute Gasteiger partial charge is 0.232 e. The average molecular weight is 427 g/mol. The molecule has 0 aromatic carbocycles. The summed E-state index contributed by atoms with van der Waals surface area (Å²) >= 11 is 0. The van der Waals surface area contributed by atoms with Crippen LogP contribution < -0.4 is 0 Å². The van der Waals surface area contributed by atoms with Gasteiger partial charge in [0.15, 0.2) is 0 Å². The van der Waals surface area contributed by atoms with Gasteiger partial charge in [0.05, 0.1) is 6.10 Å². The Morgan fingerprint density at radius 1 is 1.00 bits per heavy atom. The minimum Gasteiger partial charge on any atom is -0.485 e. The predicted molar refractivity (Wildman–Crippen MR) is 119 cm³/mol. The van der Waals surface area contributed by atoms with Crippen molar-refractivity contribution >= 4 is 11.6 Å². The van der Waals surface area contributed by atoms with Crippen molar-refractivity contribution in [1.29, 1.82) is 0 Å². The van der Waals surface area contributed by atoms with Crippen molar-refractivity contribution in [1.82, 2.24) is 0 Å². The van der Waals surface area contributed by atoms with Crippen LogP contribution in [0.4, 0.5) is 0 Å². The summed E-state index contributed by atoms with van der Waals surface area (Å²) in [6.45, 7) is 13.6. The Hall–Kier alpha value is -1.42. The molecule has 5 aliphatic rings. The fourth-order valence-electron chi connectivity index (χ4n) is 9.10. The molecule has 5 rings (SSSR count). The quantitative estimate of drug-likeness (QED) is 0.430. The van der Waals surface area contributed by atoms with E-state index >= 15 is 0 Å². The third kappa shape index (κ3) is 2.46. The molecule has 4 nitrogen and oxygen atoms in total. The highest BCUT2D eigenvalue weighted by atomic mass is 16.5. The highest BCUT2D eigenvalue weighted by molar-refractivity contribution is 6.48. The maximum Gasteiger partial charge on any atom is 0.232 e. The Morgan fingerprint density at radius 3 is 2.42 bits per heavy atom. The van der Waals surface area contributed by atoms with E-state index in [9.17, 15) is 14.7 Å². The summed E-state index contributed by atoms with van der Waals surface area (Å²) in [6, 6.07) is 0. The molecule has 0 radical (unpaired) electrons. The van der Waals surface area contributed by atoms with E-state index in [0.717, 1.165) is 37.7 Å². The van der Waals surface area contributed by atoms with Gasteiger partial charge in [-0.1, -0.05) is 34.6 Å². The van der Waals surface area contributed by atoms with E-state index in [1.165, 1.54) is 12.5 Å². The first-order valence-corrected chi connectivity index (χ1v) is 12.3. The average Bonchev–Trinajstić information content (AvgIpc) is 3.11. The van der Waals surface area contributed by atoms with Crippen LogP contribution in [0.1, 0.15) is 86.5 Å². The number of fused-ring (bicyclic) bond motifs is 4. The third-order valence-corrected chi connectivity index (χ3v) is 10.9. The summed E-state index contributed by atoms with van der Waals surface area (Å²) in [6.07, 6.45) is 8.08. The van der Waals surface area contributed by atoms with E-state index in [4.69, 9.17) is 4.74 Å². The molecule has 170 valence electrons. The topological polar surface area (TPSA) is 63.6 Å². The van der Waals surface area contributed by atoms with E-state index in [-0.39, 0.29) is 28.1 Å². The zero-order chi connectivity index (χ0) is 22.6. The lowest BCUT2D eigenvalue weighted by Gasteiger charge is -2.69. The summed E-state index contributed by atoms with van der Waals surface area (Å²) in [5, 5.41) is 10.8. The molecule has 0 aromatic heterocycles. The fraction of sp³-hybridized carbons (Fsp3) is 0.778. The van der Waals surface area contributed by atoms with Gasteiger partial charge in [-0.25, -0.2) is 0 Å². The van der Waals surface area contributed by atoms with Crippen LogP contribution in [0.15, 0.2) is 23.0 Å². The van der Waals surface area contributed by atoms with Gasteiger partial charge in [-0.3, -0.25) is 9.59 Å². The number of Topliss-reactive ketones (excluding diaryl/α,β-unsaturated/α-hetero) is 1. The molecule has 4 heteroatoms. The minimum atomic E-state index is -0.426. The first-order valence-electron chi connectivity index (χ1n) is 12.3. The molecule has 1 spiro atoms. The largest absolute Gasteiger partial charge is 0.485 e. The fourth-order valence-corrected chi connectivity index (χ4v) is 9.10. The molecular weight excluding hydrogens is 388 g/mol. The minimum absolute atomic E-state index is 0.0603. The lowest BCUT2D eigenvalue weighted by molar-refractivity contribution is -0.250. The SMILES string of the molecule is CC1=CC(=O)C(=O)C2=C1O[C@@]1(C2)[C@@H](C)CC[C@@H]2[C@@]3(C)CC[C@H](O)C(C)(C)C3CC[C@]21C. The second kappa shape index (κ2) is 6.34. The second-order valence-corrected chi connectivity index (χ2v) is 12.4. The van der Waals surface area contributed by atoms with E-state index < -0.39 is 11.4 Å². The normalized spacial score (nSPS) is 48.7. The van der Waals surface area contributed by atoms with Gasteiger partial charge in [-0.2, -0.15) is 0 Å². The second-order valence-electron chi connectivity index (χ2n) is 12.4. The molecule has 31 heavy (non-hydrogen) atoms. The number of aliphatic hydroxyl groups is 1. The Bertz CT molecular complexity index is 926. The van der Waals surface area contributed by atoms with Gasteiger partial charge in [0.1, 0.15) is 11.4 Å². The van der Waals surface area contributed by atoms with Gasteiger partial charge in [-0.05, 0) is 85.7 Å². The Kier molecular flexibility index (Phi) is 4.38. The number of carbonyl (C=O) groups is 2. The summed E-state index contributed by atoms with van der Waals surface area (Å²) < 4.78 is 6.90. The molecule has 0 aromatic rings. The molecule has 0 saturated heterocycles. The molecule has 4 aliphatic carbocycles. The third-order valence-electron chi connectivity index (χ3n) is 10.9. The van der Waals surface area contributed by atoms with Crippen LogP contribution in [0.2, 0.25) is 0 Å². The number of rotatable bonds is 0. The molecule has 1 N–H and O–H groups in total. The van der Waals surface area contributed by atoms with Crippen molar-refractivity contribution in [3.05, 3.63) is 23.0 Å². The van der Waals surface area contributed by atoms with E-state index in [1.54, 1.807) is 0 Å². The van der Waals surface area contributed by atoms with Crippen LogP contribution in [0.5, 0.6) is 0 Å². The lowest BCUT2D eigenvalue weighted by atomic mass is 9.37. The molecule has 7 atom stereocenters. The van der Waals surface area contributed by atoms with Crippen molar-refractivity contribution in [3.63, 3.8) is 0 Å². The van der Waals surface area contributed by atoms with Crippen molar-refractivity contribution in [2.24, 2.45) is 34.0 Å². The van der Waals surface area contributed by atoms with Crippen molar-refractivity contribution in [2.75, 3.05) is 0 Å². The van der Waals surface area contributed by atoms with Crippen LogP contribution in [0, 0.1) is 34.0 Å².